The minimum Gasteiger partial charge on any atom is -0.437 e. The molecule has 1 unspecified atom stereocenters. The number of rotatable bonds is 3. The molecular formula is C6H14BNO2. The molecule has 0 aromatic heterocycles. The fraction of sp³-hybridized carbons (Fsp3) is 1.00. The molecule has 1 heterocycles. The fourth-order valence-electron chi connectivity index (χ4n) is 1.41. The SMILES string of the molecule is CB(O)N1CCC1CCO. The van der Waals surface area contributed by atoms with E-state index >= 15 is 0 Å². The van der Waals surface area contributed by atoms with Crippen LogP contribution < -0.4 is 0 Å². The molecule has 0 aliphatic carbocycles. The Bertz CT molecular complexity index is 110. The van der Waals surface area contributed by atoms with E-state index in [4.69, 9.17) is 10.1 Å². The van der Waals surface area contributed by atoms with Gasteiger partial charge in [0.2, 0.25) is 0 Å². The number of aliphatic hydroxyl groups is 1. The van der Waals surface area contributed by atoms with Crippen LogP contribution in [-0.2, 0) is 0 Å². The summed E-state index contributed by atoms with van der Waals surface area (Å²) in [6.45, 7) is 2.97. The van der Waals surface area contributed by atoms with E-state index in [1.54, 1.807) is 6.82 Å². The third-order valence-electron chi connectivity index (χ3n) is 2.13. The van der Waals surface area contributed by atoms with Gasteiger partial charge in [-0.25, -0.2) is 0 Å². The largest absolute Gasteiger partial charge is 0.437 e. The average Bonchev–Trinajstić information content (AvgIpc) is 1.78. The first-order chi connectivity index (χ1) is 4.75. The molecule has 4 heteroatoms. The van der Waals surface area contributed by atoms with E-state index in [9.17, 15) is 0 Å². The molecule has 2 N–H and O–H groups in total. The van der Waals surface area contributed by atoms with E-state index in [1.807, 2.05) is 4.81 Å². The Morgan fingerprint density at radius 1 is 1.70 bits per heavy atom. The molecule has 1 rings (SSSR count). The lowest BCUT2D eigenvalue weighted by Gasteiger charge is -2.41. The van der Waals surface area contributed by atoms with E-state index in [0.29, 0.717) is 6.04 Å². The van der Waals surface area contributed by atoms with Gasteiger partial charge < -0.3 is 14.9 Å². The maximum absolute atomic E-state index is 9.11. The second-order valence-corrected chi connectivity index (χ2v) is 2.82. The van der Waals surface area contributed by atoms with Gasteiger partial charge >= 0.3 is 7.05 Å². The quantitative estimate of drug-likeness (QED) is 0.526. The van der Waals surface area contributed by atoms with Gasteiger partial charge in [0.15, 0.2) is 0 Å². The van der Waals surface area contributed by atoms with Gasteiger partial charge in [-0.1, -0.05) is 0 Å². The highest BCUT2D eigenvalue weighted by Gasteiger charge is 2.32. The van der Waals surface area contributed by atoms with E-state index < -0.39 is 0 Å². The van der Waals surface area contributed by atoms with Crippen LogP contribution in [0, 0.1) is 0 Å². The Morgan fingerprint density at radius 3 is 2.70 bits per heavy atom. The van der Waals surface area contributed by atoms with Crippen LogP contribution in [0.15, 0.2) is 0 Å². The average molecular weight is 143 g/mol. The smallest absolute Gasteiger partial charge is 0.376 e. The van der Waals surface area contributed by atoms with Gasteiger partial charge in [0.1, 0.15) is 0 Å². The van der Waals surface area contributed by atoms with Crippen molar-refractivity contribution in [3.8, 4) is 0 Å². The first-order valence-corrected chi connectivity index (χ1v) is 3.80. The van der Waals surface area contributed by atoms with Crippen molar-refractivity contribution in [2.24, 2.45) is 0 Å². The van der Waals surface area contributed by atoms with Crippen molar-refractivity contribution in [2.75, 3.05) is 13.2 Å². The summed E-state index contributed by atoms with van der Waals surface area (Å²) >= 11 is 0. The van der Waals surface area contributed by atoms with Gasteiger partial charge in [-0.2, -0.15) is 0 Å². The second-order valence-electron chi connectivity index (χ2n) is 2.82. The molecule has 1 aliphatic rings. The Labute approximate surface area is 61.8 Å². The van der Waals surface area contributed by atoms with Crippen molar-refractivity contribution in [2.45, 2.75) is 25.7 Å². The van der Waals surface area contributed by atoms with Crippen LogP contribution in [0.4, 0.5) is 0 Å². The highest BCUT2D eigenvalue weighted by atomic mass is 16.3. The van der Waals surface area contributed by atoms with Crippen LogP contribution in [0.3, 0.4) is 0 Å². The van der Waals surface area contributed by atoms with Gasteiger partial charge in [0, 0.05) is 12.6 Å². The molecule has 0 radical (unpaired) electrons. The molecular weight excluding hydrogens is 129 g/mol. The standard InChI is InChI=1S/C6H14BNO2/c1-7(10)8-4-2-6(8)3-5-9/h6,9-10H,2-5H2,1H3. The molecule has 10 heavy (non-hydrogen) atoms. The van der Waals surface area contributed by atoms with E-state index in [-0.39, 0.29) is 13.7 Å². The number of aliphatic hydroxyl groups excluding tert-OH is 1. The second kappa shape index (κ2) is 3.37. The van der Waals surface area contributed by atoms with Crippen molar-refractivity contribution in [3.05, 3.63) is 0 Å². The normalized spacial score (nSPS) is 26.1. The first kappa shape index (κ1) is 8.05. The van der Waals surface area contributed by atoms with Gasteiger partial charge in [0.05, 0.1) is 0 Å². The van der Waals surface area contributed by atoms with Crippen molar-refractivity contribution in [1.82, 2.24) is 4.81 Å². The fourth-order valence-corrected chi connectivity index (χ4v) is 1.41. The van der Waals surface area contributed by atoms with E-state index in [2.05, 4.69) is 0 Å². The lowest BCUT2D eigenvalue weighted by atomic mass is 9.77. The van der Waals surface area contributed by atoms with Crippen molar-refractivity contribution < 1.29 is 10.1 Å². The Balaban J connectivity index is 2.22. The van der Waals surface area contributed by atoms with Gasteiger partial charge in [0.25, 0.3) is 0 Å². The third-order valence-corrected chi connectivity index (χ3v) is 2.13. The van der Waals surface area contributed by atoms with E-state index in [1.165, 1.54) is 0 Å². The predicted molar refractivity (Wildman–Crippen MR) is 40.7 cm³/mol. The Morgan fingerprint density at radius 2 is 2.40 bits per heavy atom. The first-order valence-electron chi connectivity index (χ1n) is 3.80. The lowest BCUT2D eigenvalue weighted by molar-refractivity contribution is 0.134. The highest BCUT2D eigenvalue weighted by molar-refractivity contribution is 6.45. The summed E-state index contributed by atoms with van der Waals surface area (Å²) in [5, 5.41) is 17.7. The van der Waals surface area contributed by atoms with Crippen molar-refractivity contribution in [3.63, 3.8) is 0 Å². The van der Waals surface area contributed by atoms with Gasteiger partial charge in [-0.05, 0) is 26.2 Å². The summed E-state index contributed by atoms with van der Waals surface area (Å²) in [5.74, 6) is 0. The summed E-state index contributed by atoms with van der Waals surface area (Å²) in [6.07, 6.45) is 1.91. The molecule has 0 saturated carbocycles. The molecule has 1 fully saturated rings. The molecule has 0 aromatic rings. The van der Waals surface area contributed by atoms with Crippen LogP contribution in [0.5, 0.6) is 0 Å². The highest BCUT2D eigenvalue weighted by Crippen LogP contribution is 2.20. The molecule has 1 aliphatic heterocycles. The summed E-state index contributed by atoms with van der Waals surface area (Å²) in [4.78, 5) is 2.00. The monoisotopic (exact) mass is 143 g/mol. The summed E-state index contributed by atoms with van der Waals surface area (Å²) in [7, 11) is -0.342. The van der Waals surface area contributed by atoms with Crippen LogP contribution >= 0.6 is 0 Å². The number of hydrogen-bond donors (Lipinski definition) is 2. The molecule has 0 amide bonds. The number of hydrogen-bond acceptors (Lipinski definition) is 3. The molecule has 58 valence electrons. The third kappa shape index (κ3) is 1.51. The van der Waals surface area contributed by atoms with Crippen LogP contribution in [-0.4, -0.2) is 41.2 Å². The Kier molecular flexibility index (Phi) is 2.71. The maximum Gasteiger partial charge on any atom is 0.376 e. The van der Waals surface area contributed by atoms with E-state index in [0.717, 1.165) is 19.4 Å². The molecule has 0 bridgehead atoms. The summed E-state index contributed by atoms with van der Waals surface area (Å²) in [6, 6.07) is 0.421. The topological polar surface area (TPSA) is 43.7 Å². The van der Waals surface area contributed by atoms with Crippen LogP contribution in [0.1, 0.15) is 12.8 Å². The molecule has 1 saturated heterocycles. The van der Waals surface area contributed by atoms with Crippen molar-refractivity contribution in [1.29, 1.82) is 0 Å². The molecule has 0 aromatic carbocycles. The maximum atomic E-state index is 9.11. The lowest BCUT2D eigenvalue weighted by Crippen LogP contribution is -2.54. The summed E-state index contributed by atoms with van der Waals surface area (Å²) < 4.78 is 0. The van der Waals surface area contributed by atoms with Crippen LogP contribution in [0.2, 0.25) is 6.82 Å². The van der Waals surface area contributed by atoms with Gasteiger partial charge in [-0.15, -0.1) is 0 Å². The van der Waals surface area contributed by atoms with Gasteiger partial charge in [-0.3, -0.25) is 0 Å². The molecule has 3 nitrogen and oxygen atoms in total. The number of nitrogens with zero attached hydrogens (tertiary/aromatic N) is 1. The zero-order valence-corrected chi connectivity index (χ0v) is 6.32. The predicted octanol–water partition coefficient (Wildman–Crippen LogP) is -0.447. The van der Waals surface area contributed by atoms with Crippen LogP contribution in [0.25, 0.3) is 0 Å². The zero-order chi connectivity index (χ0) is 7.56. The van der Waals surface area contributed by atoms with Crippen molar-refractivity contribution >= 4 is 7.05 Å². The molecule has 1 atom stereocenters. The molecule has 0 spiro atoms. The zero-order valence-electron chi connectivity index (χ0n) is 6.32. The minimum absolute atomic E-state index is 0.230. The summed E-state index contributed by atoms with van der Waals surface area (Å²) in [5.41, 5.74) is 0. The Hall–Kier alpha value is -0.0551. The minimum atomic E-state index is -0.342.